The van der Waals surface area contributed by atoms with Crippen LogP contribution in [-0.2, 0) is 22.6 Å². The summed E-state index contributed by atoms with van der Waals surface area (Å²) in [5, 5.41) is 17.9. The average Bonchev–Trinajstić information content (AvgIpc) is 3.43. The molecule has 0 radical (unpaired) electrons. The number of nitrogens with zero attached hydrogens (tertiary/aromatic N) is 5. The molecule has 2 fully saturated rings. The van der Waals surface area contributed by atoms with Gasteiger partial charge in [0, 0.05) is 44.3 Å². The quantitative estimate of drug-likeness (QED) is 0.634. The van der Waals surface area contributed by atoms with Crippen molar-refractivity contribution in [2.45, 2.75) is 32.4 Å². The zero-order chi connectivity index (χ0) is 22.5. The number of carboxylic acid groups (broad SMARTS) is 1. The van der Waals surface area contributed by atoms with Crippen LogP contribution < -0.4 is 0 Å². The Labute approximate surface area is 191 Å². The average molecular weight is 450 g/mol. The van der Waals surface area contributed by atoms with Gasteiger partial charge < -0.3 is 14.4 Å². The molecule has 6 rings (SSSR count). The van der Waals surface area contributed by atoms with Crippen LogP contribution in [-0.4, -0.2) is 62.2 Å². The third kappa shape index (κ3) is 3.65. The lowest BCUT2D eigenvalue weighted by Gasteiger charge is -2.40. The maximum atomic E-state index is 11.0. The van der Waals surface area contributed by atoms with Gasteiger partial charge in [0.1, 0.15) is 0 Å². The molecule has 0 amide bonds. The monoisotopic (exact) mass is 449 g/mol. The van der Waals surface area contributed by atoms with E-state index in [2.05, 4.69) is 26.8 Å². The Morgan fingerprint density at radius 1 is 1.21 bits per heavy atom. The standard InChI is InChI=1S/C24H27N5O4/c1-14-9-29-21(18-6-7-32-13-20(14)18)19(8-25-29)23-26-22(27-33-23)16-4-2-15(3-5-16)10-28-11-17(12-28)24(30)31/h2-5,8,14,17-18,20H,6-7,9-13H2,1H3,(H,30,31). The Morgan fingerprint density at radius 2 is 2.03 bits per heavy atom. The van der Waals surface area contributed by atoms with Crippen molar-refractivity contribution >= 4 is 5.97 Å². The Bertz CT molecular complexity index is 1160. The summed E-state index contributed by atoms with van der Waals surface area (Å²) in [5.74, 6) is 1.53. The van der Waals surface area contributed by atoms with E-state index >= 15 is 0 Å². The number of carbonyl (C=O) groups is 1. The van der Waals surface area contributed by atoms with Crippen LogP contribution in [0.4, 0.5) is 0 Å². The van der Waals surface area contributed by atoms with Gasteiger partial charge in [-0.25, -0.2) is 0 Å². The number of hydrogen-bond donors (Lipinski definition) is 1. The number of likely N-dealkylation sites (tertiary alicyclic amines) is 1. The van der Waals surface area contributed by atoms with E-state index in [9.17, 15) is 4.79 Å². The van der Waals surface area contributed by atoms with Gasteiger partial charge in [0.05, 0.1) is 30.0 Å². The fraction of sp³-hybridized carbons (Fsp3) is 0.500. The van der Waals surface area contributed by atoms with E-state index in [0.717, 1.165) is 49.4 Å². The van der Waals surface area contributed by atoms with E-state index in [1.165, 1.54) is 5.69 Å². The molecular weight excluding hydrogens is 422 g/mol. The lowest BCUT2D eigenvalue weighted by molar-refractivity contribution is -0.147. The molecule has 0 spiro atoms. The van der Waals surface area contributed by atoms with E-state index in [0.29, 0.717) is 42.6 Å². The molecule has 33 heavy (non-hydrogen) atoms. The first-order chi connectivity index (χ1) is 16.1. The molecule has 1 N–H and O–H groups in total. The van der Waals surface area contributed by atoms with Crippen LogP contribution in [0.25, 0.3) is 22.8 Å². The number of fused-ring (bicyclic) bond motifs is 3. The molecule has 0 aliphatic carbocycles. The predicted molar refractivity (Wildman–Crippen MR) is 118 cm³/mol. The number of aromatic nitrogens is 4. The number of carboxylic acids is 1. The minimum atomic E-state index is -0.712. The van der Waals surface area contributed by atoms with Crippen LogP contribution in [0.2, 0.25) is 0 Å². The van der Waals surface area contributed by atoms with Gasteiger partial charge in [0.15, 0.2) is 0 Å². The highest BCUT2D eigenvalue weighted by atomic mass is 16.5. The molecule has 3 unspecified atom stereocenters. The fourth-order valence-electron chi connectivity index (χ4n) is 5.49. The summed E-state index contributed by atoms with van der Waals surface area (Å²) in [7, 11) is 0. The molecule has 2 saturated heterocycles. The topological polar surface area (TPSA) is 107 Å². The summed E-state index contributed by atoms with van der Waals surface area (Å²) in [5.41, 5.74) is 4.15. The first kappa shape index (κ1) is 20.6. The Kier molecular flexibility index (Phi) is 5.03. The number of ether oxygens (including phenoxy) is 1. The number of benzene rings is 1. The maximum absolute atomic E-state index is 11.0. The van der Waals surface area contributed by atoms with E-state index in [1.54, 1.807) is 0 Å². The molecule has 3 aliphatic rings. The molecule has 3 aromatic rings. The number of rotatable bonds is 5. The molecule has 9 nitrogen and oxygen atoms in total. The zero-order valence-corrected chi connectivity index (χ0v) is 18.6. The first-order valence-corrected chi connectivity index (χ1v) is 11.6. The van der Waals surface area contributed by atoms with Crippen LogP contribution >= 0.6 is 0 Å². The van der Waals surface area contributed by atoms with Crippen LogP contribution in [0.1, 0.15) is 30.5 Å². The summed E-state index contributed by atoms with van der Waals surface area (Å²) >= 11 is 0. The van der Waals surface area contributed by atoms with Crippen LogP contribution in [0.15, 0.2) is 35.0 Å². The SMILES string of the molecule is CC1Cn2ncc(-c3nc(-c4ccc(CN5CC(C(=O)O)C5)cc4)no3)c2C2CCOCC12. The highest BCUT2D eigenvalue weighted by Gasteiger charge is 2.40. The van der Waals surface area contributed by atoms with E-state index < -0.39 is 5.97 Å². The van der Waals surface area contributed by atoms with Gasteiger partial charge in [0.2, 0.25) is 5.82 Å². The molecule has 2 aromatic heterocycles. The third-order valence-electron chi connectivity index (χ3n) is 7.40. The summed E-state index contributed by atoms with van der Waals surface area (Å²) in [6.45, 7) is 6.68. The summed E-state index contributed by atoms with van der Waals surface area (Å²) < 4.78 is 13.5. The smallest absolute Gasteiger partial charge is 0.309 e. The first-order valence-electron chi connectivity index (χ1n) is 11.6. The maximum Gasteiger partial charge on any atom is 0.309 e. The second-order valence-electron chi connectivity index (χ2n) is 9.59. The van der Waals surface area contributed by atoms with Crippen molar-refractivity contribution in [3.63, 3.8) is 0 Å². The predicted octanol–water partition coefficient (Wildman–Crippen LogP) is 2.89. The van der Waals surface area contributed by atoms with Crippen molar-refractivity contribution in [2.24, 2.45) is 17.8 Å². The lowest BCUT2D eigenvalue weighted by Crippen LogP contribution is -2.49. The molecular formula is C24H27N5O4. The summed E-state index contributed by atoms with van der Waals surface area (Å²) in [6.07, 6.45) is 2.85. The molecule has 1 aromatic carbocycles. The van der Waals surface area contributed by atoms with Crippen molar-refractivity contribution in [2.75, 3.05) is 26.3 Å². The van der Waals surface area contributed by atoms with E-state index in [4.69, 9.17) is 19.4 Å². The van der Waals surface area contributed by atoms with Gasteiger partial charge in [-0.1, -0.05) is 36.3 Å². The van der Waals surface area contributed by atoms with Crippen molar-refractivity contribution in [1.82, 2.24) is 24.8 Å². The minimum absolute atomic E-state index is 0.240. The van der Waals surface area contributed by atoms with Crippen molar-refractivity contribution in [3.8, 4) is 22.8 Å². The highest BCUT2D eigenvalue weighted by Crippen LogP contribution is 2.44. The van der Waals surface area contributed by atoms with Crippen molar-refractivity contribution < 1.29 is 19.2 Å². The molecule has 0 bridgehead atoms. The highest BCUT2D eigenvalue weighted by molar-refractivity contribution is 5.71. The Balaban J connectivity index is 1.20. The minimum Gasteiger partial charge on any atom is -0.481 e. The normalized spacial score (nSPS) is 25.3. The van der Waals surface area contributed by atoms with Crippen LogP contribution in [0, 0.1) is 17.8 Å². The number of hydrogen-bond acceptors (Lipinski definition) is 7. The van der Waals surface area contributed by atoms with Crippen LogP contribution in [0.5, 0.6) is 0 Å². The molecule has 3 atom stereocenters. The second-order valence-corrected chi connectivity index (χ2v) is 9.59. The fourth-order valence-corrected chi connectivity index (χ4v) is 5.49. The van der Waals surface area contributed by atoms with Gasteiger partial charge in [-0.05, 0) is 23.8 Å². The van der Waals surface area contributed by atoms with E-state index in [-0.39, 0.29) is 5.92 Å². The Hall–Kier alpha value is -3.04. The van der Waals surface area contributed by atoms with Crippen molar-refractivity contribution in [3.05, 3.63) is 41.7 Å². The van der Waals surface area contributed by atoms with E-state index in [1.807, 2.05) is 30.5 Å². The van der Waals surface area contributed by atoms with Gasteiger partial charge >= 0.3 is 5.97 Å². The summed E-state index contributed by atoms with van der Waals surface area (Å²) in [4.78, 5) is 17.8. The number of aliphatic carboxylic acids is 1. The Morgan fingerprint density at radius 3 is 2.82 bits per heavy atom. The lowest BCUT2D eigenvalue weighted by atomic mass is 9.75. The molecule has 0 saturated carbocycles. The molecule has 3 aliphatic heterocycles. The van der Waals surface area contributed by atoms with Crippen LogP contribution in [0.3, 0.4) is 0 Å². The molecule has 172 valence electrons. The van der Waals surface area contributed by atoms with Gasteiger partial charge in [-0.2, -0.15) is 10.1 Å². The van der Waals surface area contributed by atoms with Gasteiger partial charge in [-0.3, -0.25) is 14.4 Å². The molecule has 9 heteroatoms. The third-order valence-corrected chi connectivity index (χ3v) is 7.40. The summed E-state index contributed by atoms with van der Waals surface area (Å²) in [6, 6.07) is 8.05. The zero-order valence-electron chi connectivity index (χ0n) is 18.6. The van der Waals surface area contributed by atoms with Crippen molar-refractivity contribution in [1.29, 1.82) is 0 Å². The molecule has 5 heterocycles. The largest absolute Gasteiger partial charge is 0.481 e. The second kappa shape index (κ2) is 8.07. The van der Waals surface area contributed by atoms with Gasteiger partial charge in [0.25, 0.3) is 5.89 Å². The van der Waals surface area contributed by atoms with Gasteiger partial charge in [-0.15, -0.1) is 0 Å².